The van der Waals surface area contributed by atoms with Crippen LogP contribution in [0.15, 0.2) is 66.7 Å². The molecule has 0 spiro atoms. The molecule has 212 valence electrons. The molecule has 3 aromatic carbocycles. The first-order valence-electron chi connectivity index (χ1n) is 12.8. The molecule has 0 fully saturated rings. The molecule has 0 saturated carbocycles. The van der Waals surface area contributed by atoms with E-state index in [9.17, 15) is 14.7 Å². The first-order chi connectivity index (χ1) is 19.3. The van der Waals surface area contributed by atoms with E-state index in [2.05, 4.69) is 0 Å². The van der Waals surface area contributed by atoms with Crippen molar-refractivity contribution in [3.05, 3.63) is 94.0 Å². The van der Waals surface area contributed by atoms with Crippen LogP contribution in [0.1, 0.15) is 42.2 Å². The molecule has 0 bridgehead atoms. The number of aliphatic hydroxyl groups is 1. The number of benzene rings is 3. The second-order valence-electron chi connectivity index (χ2n) is 8.69. The third kappa shape index (κ3) is 7.14. The van der Waals surface area contributed by atoms with Crippen LogP contribution < -0.4 is 19.1 Å². The lowest BCUT2D eigenvalue weighted by atomic mass is 9.95. The first-order valence-corrected chi connectivity index (χ1v) is 13.2. The minimum Gasteiger partial charge on any atom is -0.497 e. The number of esters is 1. The Bertz CT molecular complexity index is 1370. The summed E-state index contributed by atoms with van der Waals surface area (Å²) in [6.45, 7) is 3.90. The first kappa shape index (κ1) is 30.5. The topological polar surface area (TPSA) is 94.5 Å². The molecule has 1 unspecified atom stereocenters. The molecule has 0 aliphatic carbocycles. The van der Waals surface area contributed by atoms with Gasteiger partial charge in [-0.1, -0.05) is 36.7 Å². The van der Waals surface area contributed by atoms with Gasteiger partial charge in [0.15, 0.2) is 0 Å². The van der Waals surface area contributed by atoms with E-state index in [0.717, 1.165) is 17.7 Å². The van der Waals surface area contributed by atoms with Crippen LogP contribution in [0, 0.1) is 0 Å². The van der Waals surface area contributed by atoms with Crippen molar-refractivity contribution in [3.63, 3.8) is 0 Å². The molecule has 0 saturated heterocycles. The number of amides is 1. The number of nitrogens with zero attached hydrogens (tertiary/aromatic N) is 1. The smallest absolute Gasteiger partial charge is 0.330 e. The highest BCUT2D eigenvalue weighted by atomic mass is 35.5. The Morgan fingerprint density at radius 1 is 0.925 bits per heavy atom. The minimum absolute atomic E-state index is 0.0483. The number of aryl methyl sites for hydroxylation is 1. The average Bonchev–Trinajstić information content (AvgIpc) is 2.98. The summed E-state index contributed by atoms with van der Waals surface area (Å²) in [5.74, 6) is 0.484. The zero-order valence-corrected chi connectivity index (χ0v) is 24.0. The number of halogens is 1. The quantitative estimate of drug-likeness (QED) is 0.223. The van der Waals surface area contributed by atoms with Crippen molar-refractivity contribution in [2.45, 2.75) is 32.9 Å². The largest absolute Gasteiger partial charge is 0.497 e. The standard InChI is InChI=1S/C31H34ClNO7/c1-6-20-9-8-10-24(31(20)39-5)30(36)25-17-22(32)12-14-26(25)33(28(34)15-16-29(35)40-7-2)19-21-11-13-23(37-3)18-27(21)38-4/h8-18,30,36H,6-7,19H2,1-5H3/b16-15+. The third-order valence-corrected chi connectivity index (χ3v) is 6.55. The molecule has 0 aliphatic rings. The minimum atomic E-state index is -1.18. The highest BCUT2D eigenvalue weighted by Gasteiger charge is 2.26. The van der Waals surface area contributed by atoms with E-state index in [1.807, 2.05) is 19.1 Å². The van der Waals surface area contributed by atoms with Gasteiger partial charge in [0.2, 0.25) is 0 Å². The third-order valence-electron chi connectivity index (χ3n) is 6.32. The van der Waals surface area contributed by atoms with Crippen LogP contribution >= 0.6 is 11.6 Å². The Morgan fingerprint density at radius 2 is 1.70 bits per heavy atom. The molecule has 9 heteroatoms. The van der Waals surface area contributed by atoms with Gasteiger partial charge in [0.1, 0.15) is 23.4 Å². The summed E-state index contributed by atoms with van der Waals surface area (Å²) in [7, 11) is 4.62. The fourth-order valence-corrected chi connectivity index (χ4v) is 4.54. The zero-order valence-electron chi connectivity index (χ0n) is 23.3. The summed E-state index contributed by atoms with van der Waals surface area (Å²) in [5.41, 5.74) is 2.89. The Hall–Kier alpha value is -4.01. The van der Waals surface area contributed by atoms with E-state index < -0.39 is 18.0 Å². The van der Waals surface area contributed by atoms with Gasteiger partial charge in [0, 0.05) is 39.9 Å². The summed E-state index contributed by atoms with van der Waals surface area (Å²) >= 11 is 6.39. The van der Waals surface area contributed by atoms with Crippen molar-refractivity contribution in [3.8, 4) is 17.2 Å². The molecular weight excluding hydrogens is 534 g/mol. The van der Waals surface area contributed by atoms with E-state index >= 15 is 0 Å². The van der Waals surface area contributed by atoms with Crippen molar-refractivity contribution >= 4 is 29.2 Å². The van der Waals surface area contributed by atoms with Crippen LogP contribution in [0.25, 0.3) is 0 Å². The highest BCUT2D eigenvalue weighted by molar-refractivity contribution is 6.30. The van der Waals surface area contributed by atoms with Crippen LogP contribution in [-0.2, 0) is 27.3 Å². The predicted molar refractivity (Wildman–Crippen MR) is 154 cm³/mol. The van der Waals surface area contributed by atoms with Crippen molar-refractivity contribution in [1.82, 2.24) is 0 Å². The van der Waals surface area contributed by atoms with Gasteiger partial charge in [0.25, 0.3) is 5.91 Å². The molecule has 1 atom stereocenters. The van der Waals surface area contributed by atoms with Gasteiger partial charge in [-0.25, -0.2) is 4.79 Å². The second kappa shape index (κ2) is 14.4. The normalized spacial score (nSPS) is 11.7. The van der Waals surface area contributed by atoms with E-state index in [1.54, 1.807) is 63.6 Å². The van der Waals surface area contributed by atoms with Crippen LogP contribution in [0.3, 0.4) is 0 Å². The SMILES string of the molecule is CCOC(=O)/C=C/C(=O)N(Cc1ccc(OC)cc1OC)c1ccc(Cl)cc1C(O)c1cccc(CC)c1OC. The van der Waals surface area contributed by atoms with Gasteiger partial charge in [0.05, 0.1) is 40.2 Å². The number of carbonyl (C=O) groups excluding carboxylic acids is 2. The molecule has 3 rings (SSSR count). The van der Waals surface area contributed by atoms with Gasteiger partial charge < -0.3 is 29.0 Å². The fraction of sp³-hybridized carbons (Fsp3) is 0.290. The molecule has 0 radical (unpaired) electrons. The Balaban J connectivity index is 2.17. The van der Waals surface area contributed by atoms with Crippen molar-refractivity contribution in [2.24, 2.45) is 0 Å². The van der Waals surface area contributed by atoms with Gasteiger partial charge in [-0.05, 0) is 49.2 Å². The van der Waals surface area contributed by atoms with Crippen molar-refractivity contribution in [2.75, 3.05) is 32.8 Å². The summed E-state index contributed by atoms with van der Waals surface area (Å²) in [6.07, 6.45) is 1.73. The average molecular weight is 568 g/mol. The number of rotatable bonds is 12. The van der Waals surface area contributed by atoms with E-state index in [1.165, 1.54) is 12.0 Å². The lowest BCUT2D eigenvalue weighted by molar-refractivity contribution is -0.137. The molecule has 3 aromatic rings. The number of hydrogen-bond donors (Lipinski definition) is 1. The lowest BCUT2D eigenvalue weighted by Gasteiger charge is -2.28. The van der Waals surface area contributed by atoms with E-state index in [-0.39, 0.29) is 13.2 Å². The molecule has 1 amide bonds. The molecule has 1 N–H and O–H groups in total. The zero-order chi connectivity index (χ0) is 29.2. The van der Waals surface area contributed by atoms with E-state index in [0.29, 0.717) is 51.1 Å². The Morgan fingerprint density at radius 3 is 2.35 bits per heavy atom. The maximum absolute atomic E-state index is 13.6. The number of methoxy groups -OCH3 is 3. The van der Waals surface area contributed by atoms with E-state index in [4.69, 9.17) is 30.5 Å². The van der Waals surface area contributed by atoms with Crippen molar-refractivity contribution < 1.29 is 33.6 Å². The summed E-state index contributed by atoms with van der Waals surface area (Å²) in [5, 5.41) is 12.0. The Kier molecular flexibility index (Phi) is 11.0. The van der Waals surface area contributed by atoms with Crippen LogP contribution in [-0.4, -0.2) is 44.9 Å². The van der Waals surface area contributed by atoms with Gasteiger partial charge in [-0.15, -0.1) is 0 Å². The maximum Gasteiger partial charge on any atom is 0.330 e. The van der Waals surface area contributed by atoms with Crippen LogP contribution in [0.4, 0.5) is 5.69 Å². The maximum atomic E-state index is 13.6. The number of carbonyl (C=O) groups is 2. The number of hydrogen-bond acceptors (Lipinski definition) is 7. The Labute approximate surface area is 239 Å². The monoisotopic (exact) mass is 567 g/mol. The summed E-state index contributed by atoms with van der Waals surface area (Å²) in [6, 6.07) is 15.7. The molecular formula is C31H34ClNO7. The molecule has 0 aromatic heterocycles. The molecule has 0 heterocycles. The fourth-order valence-electron chi connectivity index (χ4n) is 4.36. The van der Waals surface area contributed by atoms with Crippen LogP contribution in [0.5, 0.6) is 17.2 Å². The number of para-hydroxylation sites is 1. The molecule has 8 nitrogen and oxygen atoms in total. The number of aliphatic hydroxyl groups excluding tert-OH is 1. The molecule has 40 heavy (non-hydrogen) atoms. The molecule has 0 aliphatic heterocycles. The van der Waals surface area contributed by atoms with Gasteiger partial charge in [-0.3, -0.25) is 4.79 Å². The van der Waals surface area contributed by atoms with Crippen LogP contribution in [0.2, 0.25) is 5.02 Å². The predicted octanol–water partition coefficient (Wildman–Crippen LogP) is 5.66. The highest BCUT2D eigenvalue weighted by Crippen LogP contribution is 2.39. The number of ether oxygens (including phenoxy) is 4. The second-order valence-corrected chi connectivity index (χ2v) is 9.12. The lowest BCUT2D eigenvalue weighted by Crippen LogP contribution is -2.30. The van der Waals surface area contributed by atoms with Gasteiger partial charge in [-0.2, -0.15) is 0 Å². The van der Waals surface area contributed by atoms with Crippen molar-refractivity contribution in [1.29, 1.82) is 0 Å². The number of anilines is 1. The van der Waals surface area contributed by atoms with Gasteiger partial charge >= 0.3 is 5.97 Å². The summed E-state index contributed by atoms with van der Waals surface area (Å²) in [4.78, 5) is 27.0. The summed E-state index contributed by atoms with van der Waals surface area (Å²) < 4.78 is 21.5.